The minimum atomic E-state index is 1.08. The summed E-state index contributed by atoms with van der Waals surface area (Å²) in [5.41, 5.74) is 5.05. The molecular weight excluding hydrogens is 314 g/mol. The molecule has 26 heavy (non-hydrogen) atoms. The number of hydrogen-bond acceptors (Lipinski definition) is 1. The van der Waals surface area contributed by atoms with Crippen molar-refractivity contribution in [2.45, 2.75) is 6.42 Å². The first-order valence-electron chi connectivity index (χ1n) is 8.94. The molecule has 5 rings (SSSR count). The second kappa shape index (κ2) is 7.71. The Hall–Kier alpha value is -3.32. The molecule has 1 N–H and O–H groups in total. The maximum Gasteiger partial charge on any atom is 0.0384 e. The van der Waals surface area contributed by atoms with Crippen molar-refractivity contribution < 1.29 is 0 Å². The van der Waals surface area contributed by atoms with Crippen molar-refractivity contribution >= 4 is 28.2 Å². The van der Waals surface area contributed by atoms with E-state index in [0.717, 1.165) is 17.8 Å². The minimum Gasteiger partial charge on any atom is -0.356 e. The highest BCUT2D eigenvalue weighted by atomic mass is 14.9. The van der Waals surface area contributed by atoms with Crippen LogP contribution in [0.5, 0.6) is 0 Å². The molecule has 0 saturated heterocycles. The number of benzene rings is 4. The fourth-order valence-electron chi connectivity index (χ4n) is 3.28. The molecule has 0 aromatic heterocycles. The summed E-state index contributed by atoms with van der Waals surface area (Å²) in [6.07, 6.45) is 5.53. The molecule has 0 saturated carbocycles. The lowest BCUT2D eigenvalue weighted by atomic mass is 9.93. The molecule has 0 heterocycles. The summed E-state index contributed by atoms with van der Waals surface area (Å²) in [4.78, 5) is 0. The van der Waals surface area contributed by atoms with Crippen LogP contribution in [0.25, 0.3) is 16.8 Å². The Morgan fingerprint density at radius 3 is 1.85 bits per heavy atom. The molecule has 0 bridgehead atoms. The van der Waals surface area contributed by atoms with Gasteiger partial charge in [0.2, 0.25) is 0 Å². The van der Waals surface area contributed by atoms with Gasteiger partial charge < -0.3 is 5.32 Å². The van der Waals surface area contributed by atoms with Crippen LogP contribution in [0.4, 0.5) is 11.4 Å². The molecule has 1 nitrogen and oxygen atoms in total. The number of anilines is 2. The molecule has 0 radical (unpaired) electrons. The van der Waals surface area contributed by atoms with Gasteiger partial charge in [-0.3, -0.25) is 0 Å². The zero-order valence-corrected chi connectivity index (χ0v) is 14.6. The molecule has 0 unspecified atom stereocenters. The van der Waals surface area contributed by atoms with E-state index in [9.17, 15) is 0 Å². The van der Waals surface area contributed by atoms with Gasteiger partial charge in [-0.2, -0.15) is 0 Å². The SMILES string of the molecule is C1=Cc2cccc3cccc(c23)C1.c1ccc(Nc2ccccc2)cc1. The van der Waals surface area contributed by atoms with Gasteiger partial charge in [0.15, 0.2) is 0 Å². The van der Waals surface area contributed by atoms with E-state index in [-0.39, 0.29) is 0 Å². The standard InChI is InChI=1S/C13H10.C12H11N/c1-4-10-6-2-8-12-9-3-7-11(5-1)13(10)12;1-3-7-11(8-4-1)13-12-9-5-2-6-10-12/h1-8H,9H2;1-10,13H. The summed E-state index contributed by atoms with van der Waals surface area (Å²) < 4.78 is 0. The summed E-state index contributed by atoms with van der Waals surface area (Å²) in [6, 6.07) is 33.3. The second-order valence-corrected chi connectivity index (χ2v) is 6.33. The molecule has 1 aliphatic rings. The number of allylic oxidation sites excluding steroid dienone is 1. The Bertz CT molecular complexity index is 975. The zero-order chi connectivity index (χ0) is 17.6. The van der Waals surface area contributed by atoms with Crippen molar-refractivity contribution in [2.75, 3.05) is 5.32 Å². The molecular formula is C25H21N. The molecule has 0 fully saturated rings. The lowest BCUT2D eigenvalue weighted by molar-refractivity contribution is 1.29. The van der Waals surface area contributed by atoms with E-state index < -0.39 is 0 Å². The van der Waals surface area contributed by atoms with Gasteiger partial charge in [-0.1, -0.05) is 84.9 Å². The predicted molar refractivity (Wildman–Crippen MR) is 113 cm³/mol. The first kappa shape index (κ1) is 16.2. The van der Waals surface area contributed by atoms with Gasteiger partial charge in [0.1, 0.15) is 0 Å². The van der Waals surface area contributed by atoms with Crippen molar-refractivity contribution in [3.63, 3.8) is 0 Å². The van der Waals surface area contributed by atoms with Crippen LogP contribution in [0.2, 0.25) is 0 Å². The van der Waals surface area contributed by atoms with Gasteiger partial charge in [0.05, 0.1) is 0 Å². The summed E-state index contributed by atoms with van der Waals surface area (Å²) in [7, 11) is 0. The molecule has 126 valence electrons. The van der Waals surface area contributed by atoms with Crippen LogP contribution in [0.15, 0.2) is 103 Å². The normalized spacial score (nSPS) is 11.5. The maximum absolute atomic E-state index is 3.30. The molecule has 0 aliphatic heterocycles. The van der Waals surface area contributed by atoms with Crippen molar-refractivity contribution in [1.82, 2.24) is 0 Å². The van der Waals surface area contributed by atoms with Crippen molar-refractivity contribution in [2.24, 2.45) is 0 Å². The van der Waals surface area contributed by atoms with Gasteiger partial charge >= 0.3 is 0 Å². The average Bonchev–Trinajstić information content (AvgIpc) is 2.71. The van der Waals surface area contributed by atoms with Crippen LogP contribution in [0, 0.1) is 0 Å². The van der Waals surface area contributed by atoms with Gasteiger partial charge in [-0.05, 0) is 52.6 Å². The topological polar surface area (TPSA) is 12.0 Å². The summed E-state index contributed by atoms with van der Waals surface area (Å²) in [6.45, 7) is 0. The van der Waals surface area contributed by atoms with E-state index in [1.54, 1.807) is 0 Å². The van der Waals surface area contributed by atoms with Crippen LogP contribution >= 0.6 is 0 Å². The predicted octanol–water partition coefficient (Wildman–Crippen LogP) is 6.84. The van der Waals surface area contributed by atoms with E-state index in [4.69, 9.17) is 0 Å². The van der Waals surface area contributed by atoms with Crippen LogP contribution in [0.3, 0.4) is 0 Å². The molecule has 4 aromatic carbocycles. The minimum absolute atomic E-state index is 1.08. The Kier molecular flexibility index (Phi) is 4.79. The summed E-state index contributed by atoms with van der Waals surface area (Å²) in [5.74, 6) is 0. The van der Waals surface area contributed by atoms with Crippen LogP contribution in [-0.4, -0.2) is 0 Å². The van der Waals surface area contributed by atoms with Gasteiger partial charge in [0, 0.05) is 11.4 Å². The maximum atomic E-state index is 3.30. The molecule has 4 aromatic rings. The summed E-state index contributed by atoms with van der Waals surface area (Å²) in [5, 5.41) is 6.10. The van der Waals surface area contributed by atoms with Gasteiger partial charge in [0.25, 0.3) is 0 Å². The monoisotopic (exact) mass is 335 g/mol. The first-order valence-corrected chi connectivity index (χ1v) is 8.94. The molecule has 1 aliphatic carbocycles. The van der Waals surface area contributed by atoms with E-state index in [2.05, 4.69) is 53.9 Å². The lowest BCUT2D eigenvalue weighted by Crippen LogP contribution is -1.91. The molecule has 0 amide bonds. The lowest BCUT2D eigenvalue weighted by Gasteiger charge is -2.11. The largest absolute Gasteiger partial charge is 0.356 e. The summed E-state index contributed by atoms with van der Waals surface area (Å²) >= 11 is 0. The third-order valence-corrected chi connectivity index (χ3v) is 4.49. The quantitative estimate of drug-likeness (QED) is 0.423. The van der Waals surface area contributed by atoms with E-state index >= 15 is 0 Å². The highest BCUT2D eigenvalue weighted by Crippen LogP contribution is 2.27. The average molecular weight is 335 g/mol. The van der Waals surface area contributed by atoms with Crippen molar-refractivity contribution in [3.05, 3.63) is 114 Å². The van der Waals surface area contributed by atoms with Crippen molar-refractivity contribution in [3.8, 4) is 0 Å². The molecule has 0 spiro atoms. The Labute approximate surface area is 154 Å². The smallest absolute Gasteiger partial charge is 0.0384 e. The molecule has 0 atom stereocenters. The van der Waals surface area contributed by atoms with E-state index in [0.29, 0.717) is 0 Å². The second-order valence-electron chi connectivity index (χ2n) is 6.33. The van der Waals surface area contributed by atoms with E-state index in [1.807, 2.05) is 60.7 Å². The number of rotatable bonds is 2. The van der Waals surface area contributed by atoms with Gasteiger partial charge in [-0.15, -0.1) is 0 Å². The highest BCUT2D eigenvalue weighted by Gasteiger charge is 2.06. The number of nitrogens with one attached hydrogen (secondary N) is 1. The Balaban J connectivity index is 0.000000129. The number of para-hydroxylation sites is 2. The fraction of sp³-hybridized carbons (Fsp3) is 0.0400. The highest BCUT2D eigenvalue weighted by molar-refractivity contribution is 5.94. The third kappa shape index (κ3) is 3.68. The van der Waals surface area contributed by atoms with Gasteiger partial charge in [-0.25, -0.2) is 0 Å². The molecule has 1 heteroatoms. The van der Waals surface area contributed by atoms with E-state index in [1.165, 1.54) is 21.9 Å². The zero-order valence-electron chi connectivity index (χ0n) is 14.6. The fourth-order valence-corrected chi connectivity index (χ4v) is 3.28. The van der Waals surface area contributed by atoms with Crippen LogP contribution < -0.4 is 5.32 Å². The first-order chi connectivity index (χ1) is 12.9. The van der Waals surface area contributed by atoms with Crippen LogP contribution in [0.1, 0.15) is 11.1 Å². The van der Waals surface area contributed by atoms with Crippen molar-refractivity contribution in [1.29, 1.82) is 0 Å². The Morgan fingerprint density at radius 2 is 1.19 bits per heavy atom. The third-order valence-electron chi connectivity index (χ3n) is 4.49. The Morgan fingerprint density at radius 1 is 0.577 bits per heavy atom. The number of hydrogen-bond donors (Lipinski definition) is 1. The van der Waals surface area contributed by atoms with Crippen LogP contribution in [-0.2, 0) is 6.42 Å².